The van der Waals surface area contributed by atoms with Crippen LogP contribution in [0.15, 0.2) is 42.5 Å². The number of nitrogens with zero attached hydrogens (tertiary/aromatic N) is 2. The van der Waals surface area contributed by atoms with E-state index in [1.807, 2.05) is 0 Å². The summed E-state index contributed by atoms with van der Waals surface area (Å²) in [5.74, 6) is -2.26. The molecule has 27 heavy (non-hydrogen) atoms. The molecule has 0 bridgehead atoms. The summed E-state index contributed by atoms with van der Waals surface area (Å²) in [5, 5.41) is 13.3. The van der Waals surface area contributed by atoms with Crippen molar-refractivity contribution in [3.05, 3.63) is 64.0 Å². The monoisotopic (exact) mass is 375 g/mol. The maximum atomic E-state index is 13.6. The Morgan fingerprint density at radius 3 is 2.48 bits per heavy atom. The van der Waals surface area contributed by atoms with Crippen LogP contribution in [0.25, 0.3) is 0 Å². The lowest BCUT2D eigenvalue weighted by molar-refractivity contribution is -0.384. The van der Waals surface area contributed by atoms with Crippen molar-refractivity contribution in [1.82, 2.24) is 0 Å². The summed E-state index contributed by atoms with van der Waals surface area (Å²) < 4.78 is 18.7. The third kappa shape index (κ3) is 4.78. The molecule has 0 radical (unpaired) electrons. The van der Waals surface area contributed by atoms with Gasteiger partial charge in [-0.1, -0.05) is 12.1 Å². The van der Waals surface area contributed by atoms with Crippen molar-refractivity contribution in [1.29, 1.82) is 0 Å². The van der Waals surface area contributed by atoms with Crippen LogP contribution in [-0.4, -0.2) is 37.0 Å². The molecule has 0 spiro atoms. The second-order valence-electron chi connectivity index (χ2n) is 5.87. The normalized spacial score (nSPS) is 11.4. The second-order valence-corrected chi connectivity index (χ2v) is 5.87. The zero-order valence-corrected chi connectivity index (χ0v) is 14.9. The van der Waals surface area contributed by atoms with Gasteiger partial charge >= 0.3 is 5.97 Å². The predicted molar refractivity (Wildman–Crippen MR) is 97.3 cm³/mol. The highest BCUT2D eigenvalue weighted by molar-refractivity contribution is 6.00. The fourth-order valence-electron chi connectivity index (χ4n) is 2.27. The molecular formula is C18H18FN3O5. The van der Waals surface area contributed by atoms with Gasteiger partial charge in [0.05, 0.1) is 21.9 Å². The number of benzene rings is 2. The fraction of sp³-hybridized carbons (Fsp3) is 0.222. The summed E-state index contributed by atoms with van der Waals surface area (Å²) in [5.41, 5.74) is 0.0118. The summed E-state index contributed by atoms with van der Waals surface area (Å²) in [6, 6.07) is 9.32. The van der Waals surface area contributed by atoms with Crippen molar-refractivity contribution >= 4 is 28.9 Å². The van der Waals surface area contributed by atoms with Crippen LogP contribution in [0.2, 0.25) is 0 Å². The number of ether oxygens (including phenoxy) is 1. The Labute approximate surface area is 154 Å². The third-order valence-corrected chi connectivity index (χ3v) is 3.68. The number of carbonyl (C=O) groups excluding carboxylic acids is 2. The van der Waals surface area contributed by atoms with Crippen LogP contribution in [0, 0.1) is 15.9 Å². The minimum absolute atomic E-state index is 0.0465. The zero-order chi connectivity index (χ0) is 20.1. The Hall–Kier alpha value is -3.49. The lowest BCUT2D eigenvalue weighted by Gasteiger charge is -2.18. The van der Waals surface area contributed by atoms with Gasteiger partial charge in [-0.3, -0.25) is 14.9 Å². The van der Waals surface area contributed by atoms with Crippen molar-refractivity contribution in [3.8, 4) is 0 Å². The van der Waals surface area contributed by atoms with Gasteiger partial charge in [0.15, 0.2) is 6.10 Å². The number of para-hydroxylation sites is 1. The predicted octanol–water partition coefficient (Wildman–Crippen LogP) is 2.98. The Kier molecular flexibility index (Phi) is 6.07. The van der Waals surface area contributed by atoms with E-state index in [0.29, 0.717) is 5.69 Å². The molecule has 1 atom stereocenters. The molecule has 0 unspecified atom stereocenters. The van der Waals surface area contributed by atoms with Crippen LogP contribution in [-0.2, 0) is 9.53 Å². The summed E-state index contributed by atoms with van der Waals surface area (Å²) in [6.07, 6.45) is -1.24. The molecule has 1 amide bonds. The Balaban J connectivity index is 2.18. The van der Waals surface area contributed by atoms with Crippen molar-refractivity contribution < 1.29 is 23.6 Å². The molecule has 0 aliphatic carbocycles. The van der Waals surface area contributed by atoms with Crippen molar-refractivity contribution in [2.24, 2.45) is 0 Å². The Morgan fingerprint density at radius 2 is 1.89 bits per heavy atom. The van der Waals surface area contributed by atoms with Crippen LogP contribution in [0.4, 0.5) is 21.5 Å². The van der Waals surface area contributed by atoms with Crippen molar-refractivity contribution in [2.75, 3.05) is 24.3 Å². The van der Waals surface area contributed by atoms with E-state index in [-0.39, 0.29) is 16.9 Å². The van der Waals surface area contributed by atoms with Crippen molar-refractivity contribution in [3.63, 3.8) is 0 Å². The minimum atomic E-state index is -1.24. The first-order valence-corrected chi connectivity index (χ1v) is 7.93. The number of halogens is 1. The highest BCUT2D eigenvalue weighted by Gasteiger charge is 2.24. The Bertz CT molecular complexity index is 885. The van der Waals surface area contributed by atoms with E-state index in [9.17, 15) is 24.1 Å². The summed E-state index contributed by atoms with van der Waals surface area (Å²) >= 11 is 0. The standard InChI is InChI=1S/C18H18FN3O5/c1-11(17(23)20-15-7-5-4-6-14(15)19)27-18(24)13-10-12(22(25)26)8-9-16(13)21(2)3/h4-11H,1-3H3,(H,20,23)/t11-/m0/s1. The number of carbonyl (C=O) groups is 2. The quantitative estimate of drug-likeness (QED) is 0.473. The average molecular weight is 375 g/mol. The first-order chi connectivity index (χ1) is 12.7. The van der Waals surface area contributed by atoms with Gasteiger partial charge < -0.3 is 15.0 Å². The number of rotatable bonds is 6. The molecule has 0 aliphatic rings. The van der Waals surface area contributed by atoms with Gasteiger partial charge in [0.2, 0.25) is 0 Å². The Morgan fingerprint density at radius 1 is 1.22 bits per heavy atom. The molecule has 0 saturated carbocycles. The lowest BCUT2D eigenvalue weighted by Crippen LogP contribution is -2.30. The van der Waals surface area contributed by atoms with E-state index < -0.39 is 28.7 Å². The third-order valence-electron chi connectivity index (χ3n) is 3.68. The number of non-ortho nitro benzene ring substituents is 1. The van der Waals surface area contributed by atoms with Crippen molar-refractivity contribution in [2.45, 2.75) is 13.0 Å². The first-order valence-electron chi connectivity index (χ1n) is 7.93. The molecule has 0 aliphatic heterocycles. The fourth-order valence-corrected chi connectivity index (χ4v) is 2.27. The number of nitro benzene ring substituents is 1. The van der Waals surface area contributed by atoms with E-state index in [1.165, 1.54) is 37.3 Å². The zero-order valence-electron chi connectivity index (χ0n) is 14.9. The minimum Gasteiger partial charge on any atom is -0.449 e. The van der Waals surface area contributed by atoms with E-state index in [2.05, 4.69) is 5.32 Å². The van der Waals surface area contributed by atoms with Crippen LogP contribution in [0.1, 0.15) is 17.3 Å². The second kappa shape index (κ2) is 8.26. The van der Waals surface area contributed by atoms with Gasteiger partial charge in [-0.05, 0) is 25.1 Å². The van der Waals surface area contributed by atoms with Crippen LogP contribution >= 0.6 is 0 Å². The number of amides is 1. The van der Waals surface area contributed by atoms with Gasteiger partial charge in [-0.2, -0.15) is 0 Å². The highest BCUT2D eigenvalue weighted by Crippen LogP contribution is 2.25. The van der Waals surface area contributed by atoms with E-state index >= 15 is 0 Å². The van der Waals surface area contributed by atoms with Gasteiger partial charge in [-0.15, -0.1) is 0 Å². The molecule has 2 rings (SSSR count). The molecule has 0 saturated heterocycles. The lowest BCUT2D eigenvalue weighted by atomic mass is 10.1. The highest BCUT2D eigenvalue weighted by atomic mass is 19.1. The molecule has 2 aromatic rings. The first kappa shape index (κ1) is 19.8. The maximum Gasteiger partial charge on any atom is 0.341 e. The number of nitrogens with one attached hydrogen (secondary N) is 1. The van der Waals surface area contributed by atoms with E-state index in [1.54, 1.807) is 25.1 Å². The van der Waals surface area contributed by atoms with Crippen LogP contribution in [0.5, 0.6) is 0 Å². The molecule has 2 aromatic carbocycles. The van der Waals surface area contributed by atoms with Gasteiger partial charge in [0.25, 0.3) is 11.6 Å². The average Bonchev–Trinajstić information content (AvgIpc) is 2.62. The SMILES string of the molecule is C[C@H](OC(=O)c1cc([N+](=O)[O-])ccc1N(C)C)C(=O)Nc1ccccc1F. The van der Waals surface area contributed by atoms with Crippen LogP contribution in [0.3, 0.4) is 0 Å². The molecule has 0 aromatic heterocycles. The van der Waals surface area contributed by atoms with E-state index in [4.69, 9.17) is 4.74 Å². The number of anilines is 2. The number of nitro groups is 1. The van der Waals surface area contributed by atoms with Crippen LogP contribution < -0.4 is 10.2 Å². The summed E-state index contributed by atoms with van der Waals surface area (Å²) in [7, 11) is 3.32. The maximum absolute atomic E-state index is 13.6. The molecule has 9 heteroatoms. The number of hydrogen-bond donors (Lipinski definition) is 1. The van der Waals surface area contributed by atoms with Gasteiger partial charge in [-0.25, -0.2) is 9.18 Å². The molecule has 142 valence electrons. The molecule has 1 N–H and O–H groups in total. The number of esters is 1. The summed E-state index contributed by atoms with van der Waals surface area (Å²) in [6.45, 7) is 1.32. The molecule has 0 heterocycles. The molecule has 0 fully saturated rings. The summed E-state index contributed by atoms with van der Waals surface area (Å²) in [4.78, 5) is 36.5. The largest absolute Gasteiger partial charge is 0.449 e. The van der Waals surface area contributed by atoms with Gasteiger partial charge in [0.1, 0.15) is 5.82 Å². The smallest absolute Gasteiger partial charge is 0.341 e. The van der Waals surface area contributed by atoms with E-state index in [0.717, 1.165) is 6.07 Å². The van der Waals surface area contributed by atoms with Gasteiger partial charge in [0, 0.05) is 26.2 Å². The topological polar surface area (TPSA) is 102 Å². The number of hydrogen-bond acceptors (Lipinski definition) is 6. The molecule has 8 nitrogen and oxygen atoms in total. The molecular weight excluding hydrogens is 357 g/mol.